The molecule has 1 saturated heterocycles. The molecule has 1 aliphatic heterocycles. The summed E-state index contributed by atoms with van der Waals surface area (Å²) in [4.78, 5) is 0. The van der Waals surface area contributed by atoms with Gasteiger partial charge in [0.15, 0.2) is 0 Å². The minimum absolute atomic E-state index is 0.694. The van der Waals surface area contributed by atoms with Crippen LogP contribution in [0.2, 0.25) is 0 Å². The van der Waals surface area contributed by atoms with Crippen LogP contribution < -0.4 is 30.6 Å². The van der Waals surface area contributed by atoms with E-state index < -0.39 is 21.4 Å². The first-order valence-corrected chi connectivity index (χ1v) is 14.7. The lowest BCUT2D eigenvalue weighted by Gasteiger charge is -2.31. The summed E-state index contributed by atoms with van der Waals surface area (Å²) in [6.07, 6.45) is 0. The van der Waals surface area contributed by atoms with Crippen molar-refractivity contribution in [3.05, 3.63) is 164 Å². The van der Waals surface area contributed by atoms with Crippen molar-refractivity contribution in [2.45, 2.75) is 0 Å². The predicted octanol–water partition coefficient (Wildman–Crippen LogP) is 6.61. The van der Waals surface area contributed by atoms with Gasteiger partial charge in [-0.05, 0) is 89.2 Å². The monoisotopic (exact) mass is 588 g/mol. The number of hydrogen-bond acceptors (Lipinski definition) is 6. The van der Waals surface area contributed by atoms with Crippen LogP contribution in [0.25, 0.3) is 0 Å². The summed E-state index contributed by atoms with van der Waals surface area (Å²) in [6.45, 7) is 0. The molecule has 216 valence electrons. The van der Waals surface area contributed by atoms with Crippen molar-refractivity contribution in [2.75, 3.05) is 0 Å². The van der Waals surface area contributed by atoms with Crippen molar-refractivity contribution < 1.29 is 27.9 Å². The normalized spacial score (nSPS) is 12.9. The van der Waals surface area contributed by atoms with Gasteiger partial charge in [0, 0.05) is 0 Å². The second-order valence-electron chi connectivity index (χ2n) is 10.4. The highest BCUT2D eigenvalue weighted by Crippen LogP contribution is 2.23. The van der Waals surface area contributed by atoms with Gasteiger partial charge >= 0.3 is 21.4 Å². The van der Waals surface area contributed by atoms with Crippen LogP contribution in [0, 0.1) is 0 Å². The molecule has 0 saturated carbocycles. The highest BCUT2D eigenvalue weighted by atomic mass is 16.7. The molecule has 1 aliphatic rings. The fourth-order valence-electron chi connectivity index (χ4n) is 4.86. The van der Waals surface area contributed by atoms with Gasteiger partial charge in [0.25, 0.3) is 0 Å². The molecule has 0 spiro atoms. The standard InChI is InChI=1S/C36H27B3O6/c1-4-10-31(11-5-1)40-34-22-16-28(17-23-34)37-43-38(29-18-24-35(25-19-29)41-32-12-6-2-7-13-32)45-39(44-37)30-20-26-36(27-21-30)42-33-14-8-3-9-15-33/h1-27H. The van der Waals surface area contributed by atoms with E-state index in [1.165, 1.54) is 0 Å². The molecular weight excluding hydrogens is 561 g/mol. The molecule has 0 radical (unpaired) electrons. The lowest BCUT2D eigenvalue weighted by Crippen LogP contribution is -2.61. The van der Waals surface area contributed by atoms with Crippen LogP contribution in [0.1, 0.15) is 0 Å². The molecule has 6 aromatic carbocycles. The van der Waals surface area contributed by atoms with E-state index in [0.29, 0.717) is 17.2 Å². The molecular formula is C36H27B3O6. The molecule has 0 aliphatic carbocycles. The lowest BCUT2D eigenvalue weighted by molar-refractivity contribution is 0.308. The molecule has 0 N–H and O–H groups in total. The zero-order valence-corrected chi connectivity index (χ0v) is 24.3. The van der Waals surface area contributed by atoms with Gasteiger partial charge in [-0.25, -0.2) is 0 Å². The minimum Gasteiger partial charge on any atom is -0.457 e. The second kappa shape index (κ2) is 13.6. The summed E-state index contributed by atoms with van der Waals surface area (Å²) in [5, 5.41) is 0. The molecule has 0 unspecified atom stereocenters. The minimum atomic E-state index is -0.694. The van der Waals surface area contributed by atoms with Crippen molar-refractivity contribution in [2.24, 2.45) is 0 Å². The Bertz CT molecular complexity index is 1570. The van der Waals surface area contributed by atoms with Gasteiger partial charge in [-0.15, -0.1) is 0 Å². The summed E-state index contributed by atoms with van der Waals surface area (Å²) < 4.78 is 37.1. The van der Waals surface area contributed by atoms with E-state index >= 15 is 0 Å². The Kier molecular flexibility index (Phi) is 8.64. The van der Waals surface area contributed by atoms with Crippen LogP contribution in [0.15, 0.2) is 164 Å². The SMILES string of the molecule is c1ccc(Oc2ccc(B3OB(c4ccc(Oc5ccccc5)cc4)OB(c4ccc(Oc5ccccc5)cc4)O3)cc2)cc1. The molecule has 6 nitrogen and oxygen atoms in total. The molecule has 9 heteroatoms. The summed E-state index contributed by atoms with van der Waals surface area (Å²) in [6, 6.07) is 52.1. The van der Waals surface area contributed by atoms with Gasteiger partial charge in [-0.1, -0.05) is 91.0 Å². The number of hydrogen-bond donors (Lipinski definition) is 0. The third-order valence-corrected chi connectivity index (χ3v) is 7.14. The molecule has 0 amide bonds. The maximum absolute atomic E-state index is 6.38. The average molecular weight is 588 g/mol. The third-order valence-electron chi connectivity index (χ3n) is 7.14. The predicted molar refractivity (Wildman–Crippen MR) is 178 cm³/mol. The van der Waals surface area contributed by atoms with Crippen LogP contribution in [0.4, 0.5) is 0 Å². The highest BCUT2D eigenvalue weighted by Gasteiger charge is 2.43. The number of ether oxygens (including phenoxy) is 3. The largest absolute Gasteiger partial charge is 0.467 e. The Morgan fingerprint density at radius 1 is 0.267 bits per heavy atom. The van der Waals surface area contributed by atoms with Crippen LogP contribution in [0.3, 0.4) is 0 Å². The maximum Gasteiger partial charge on any atom is 0.467 e. The Labute approximate surface area is 263 Å². The fraction of sp³-hybridized carbons (Fsp3) is 0. The van der Waals surface area contributed by atoms with E-state index in [0.717, 1.165) is 33.6 Å². The highest BCUT2D eigenvalue weighted by molar-refractivity contribution is 6.87. The first-order chi connectivity index (χ1) is 22.2. The fourth-order valence-corrected chi connectivity index (χ4v) is 4.86. The maximum atomic E-state index is 6.38. The van der Waals surface area contributed by atoms with Gasteiger partial charge in [0.1, 0.15) is 34.5 Å². The smallest absolute Gasteiger partial charge is 0.457 e. The molecule has 1 heterocycles. The third kappa shape index (κ3) is 7.30. The number of para-hydroxylation sites is 3. The van der Waals surface area contributed by atoms with Crippen molar-refractivity contribution in [3.63, 3.8) is 0 Å². The van der Waals surface area contributed by atoms with Crippen LogP contribution in [-0.4, -0.2) is 21.4 Å². The molecule has 6 aromatic rings. The Morgan fingerprint density at radius 3 is 0.733 bits per heavy atom. The van der Waals surface area contributed by atoms with E-state index in [4.69, 9.17) is 27.9 Å². The Morgan fingerprint density at radius 2 is 0.489 bits per heavy atom. The van der Waals surface area contributed by atoms with E-state index in [1.54, 1.807) is 0 Å². The van der Waals surface area contributed by atoms with Gasteiger partial charge < -0.3 is 27.9 Å². The zero-order chi connectivity index (χ0) is 30.3. The van der Waals surface area contributed by atoms with Gasteiger partial charge in [-0.2, -0.15) is 0 Å². The van der Waals surface area contributed by atoms with E-state index in [-0.39, 0.29) is 0 Å². The van der Waals surface area contributed by atoms with Crippen LogP contribution in [0.5, 0.6) is 34.5 Å². The quantitative estimate of drug-likeness (QED) is 0.177. The van der Waals surface area contributed by atoms with E-state index in [2.05, 4.69) is 0 Å². The number of rotatable bonds is 9. The summed E-state index contributed by atoms with van der Waals surface area (Å²) in [5.41, 5.74) is 2.50. The van der Waals surface area contributed by atoms with E-state index in [1.807, 2.05) is 164 Å². The molecule has 0 atom stereocenters. The van der Waals surface area contributed by atoms with Gasteiger partial charge in [0.05, 0.1) is 0 Å². The zero-order valence-electron chi connectivity index (χ0n) is 24.3. The second-order valence-corrected chi connectivity index (χ2v) is 10.4. The topological polar surface area (TPSA) is 55.4 Å². The van der Waals surface area contributed by atoms with Crippen molar-refractivity contribution in [3.8, 4) is 34.5 Å². The van der Waals surface area contributed by atoms with Gasteiger partial charge in [0.2, 0.25) is 0 Å². The Balaban J connectivity index is 1.11. The molecule has 7 rings (SSSR count). The summed E-state index contributed by atoms with van der Waals surface area (Å²) in [5.74, 6) is 4.45. The first-order valence-electron chi connectivity index (χ1n) is 14.7. The summed E-state index contributed by atoms with van der Waals surface area (Å²) in [7, 11) is -2.08. The summed E-state index contributed by atoms with van der Waals surface area (Å²) >= 11 is 0. The molecule has 1 fully saturated rings. The lowest BCUT2D eigenvalue weighted by atomic mass is 9.61. The molecule has 0 aromatic heterocycles. The van der Waals surface area contributed by atoms with Crippen LogP contribution in [-0.2, 0) is 13.7 Å². The van der Waals surface area contributed by atoms with Gasteiger partial charge in [-0.3, -0.25) is 0 Å². The van der Waals surface area contributed by atoms with Crippen molar-refractivity contribution in [1.29, 1.82) is 0 Å². The van der Waals surface area contributed by atoms with E-state index in [9.17, 15) is 0 Å². The van der Waals surface area contributed by atoms with Crippen LogP contribution >= 0.6 is 0 Å². The average Bonchev–Trinajstić information content (AvgIpc) is 3.10. The molecule has 45 heavy (non-hydrogen) atoms. The van der Waals surface area contributed by atoms with Crippen molar-refractivity contribution >= 4 is 37.7 Å². The number of benzene rings is 6. The molecule has 0 bridgehead atoms. The first kappa shape index (κ1) is 28.6. The Hall–Kier alpha value is -5.21. The van der Waals surface area contributed by atoms with Crippen molar-refractivity contribution in [1.82, 2.24) is 0 Å².